The highest BCUT2D eigenvalue weighted by atomic mass is 16.7. The molecule has 0 aromatic heterocycles. The van der Waals surface area contributed by atoms with Crippen molar-refractivity contribution in [2.24, 2.45) is 11.8 Å². The summed E-state index contributed by atoms with van der Waals surface area (Å²) >= 11 is 0. The average molecular weight is 170 g/mol. The molecule has 2 fully saturated rings. The van der Waals surface area contributed by atoms with Crippen LogP contribution < -0.4 is 0 Å². The van der Waals surface area contributed by atoms with E-state index >= 15 is 0 Å². The van der Waals surface area contributed by atoms with Gasteiger partial charge in [-0.3, -0.25) is 4.79 Å². The van der Waals surface area contributed by atoms with Gasteiger partial charge in [-0.15, -0.1) is 0 Å². The monoisotopic (exact) mass is 170 g/mol. The largest absolute Gasteiger partial charge is 0.349 e. The third-order valence-corrected chi connectivity index (χ3v) is 2.77. The predicted octanol–water partition coefficient (Wildman–Crippen LogP) is 0.974. The highest BCUT2D eigenvalue weighted by Gasteiger charge is 2.40. The van der Waals surface area contributed by atoms with Crippen molar-refractivity contribution < 1.29 is 14.3 Å². The van der Waals surface area contributed by atoms with Crippen LogP contribution in [0.15, 0.2) is 0 Å². The number of ketones is 1. The summed E-state index contributed by atoms with van der Waals surface area (Å²) in [5.41, 5.74) is 0. The van der Waals surface area contributed by atoms with Crippen LogP contribution in [0.4, 0.5) is 0 Å². The van der Waals surface area contributed by atoms with E-state index in [-0.39, 0.29) is 12.2 Å². The molecule has 0 unspecified atom stereocenters. The van der Waals surface area contributed by atoms with E-state index in [1.54, 1.807) is 0 Å². The van der Waals surface area contributed by atoms with Crippen LogP contribution in [0.5, 0.6) is 0 Å². The number of Topliss-reactive ketones (excluding diaryl/α,β-unsaturated/α-hetero) is 1. The Kier molecular flexibility index (Phi) is 2.15. The molecule has 0 spiro atoms. The van der Waals surface area contributed by atoms with Gasteiger partial charge >= 0.3 is 0 Å². The molecule has 12 heavy (non-hydrogen) atoms. The summed E-state index contributed by atoms with van der Waals surface area (Å²) in [7, 11) is 0. The number of ether oxygens (including phenoxy) is 2. The summed E-state index contributed by atoms with van der Waals surface area (Å²) in [6, 6.07) is 0. The SMILES string of the molecule is C[C@@H]1CCC(=O)[C@H]1C1OCCO1. The summed E-state index contributed by atoms with van der Waals surface area (Å²) in [5.74, 6) is 0.752. The molecule has 1 aliphatic heterocycles. The molecule has 0 aromatic carbocycles. The van der Waals surface area contributed by atoms with E-state index in [2.05, 4.69) is 6.92 Å². The number of carbonyl (C=O) groups is 1. The third-order valence-electron chi connectivity index (χ3n) is 2.77. The lowest BCUT2D eigenvalue weighted by Gasteiger charge is -2.19. The van der Waals surface area contributed by atoms with Crippen LogP contribution >= 0.6 is 0 Å². The van der Waals surface area contributed by atoms with Crippen molar-refractivity contribution in [3.8, 4) is 0 Å². The van der Waals surface area contributed by atoms with Crippen LogP contribution in [-0.4, -0.2) is 25.3 Å². The zero-order valence-corrected chi connectivity index (χ0v) is 7.29. The molecule has 2 atom stereocenters. The Morgan fingerprint density at radius 3 is 2.50 bits per heavy atom. The lowest BCUT2D eigenvalue weighted by Crippen LogP contribution is -2.28. The quantitative estimate of drug-likeness (QED) is 0.588. The molecule has 2 rings (SSSR count). The summed E-state index contributed by atoms with van der Waals surface area (Å²) in [4.78, 5) is 11.4. The van der Waals surface area contributed by atoms with Gasteiger partial charge in [-0.25, -0.2) is 0 Å². The number of hydrogen-bond donors (Lipinski definition) is 0. The highest BCUT2D eigenvalue weighted by molar-refractivity contribution is 5.83. The first-order valence-electron chi connectivity index (χ1n) is 4.55. The van der Waals surface area contributed by atoms with Gasteiger partial charge in [-0.2, -0.15) is 0 Å². The van der Waals surface area contributed by atoms with Gasteiger partial charge in [0.1, 0.15) is 5.78 Å². The Morgan fingerprint density at radius 1 is 1.33 bits per heavy atom. The van der Waals surface area contributed by atoms with E-state index in [1.807, 2.05) is 0 Å². The van der Waals surface area contributed by atoms with E-state index in [0.717, 1.165) is 6.42 Å². The second kappa shape index (κ2) is 3.15. The van der Waals surface area contributed by atoms with Crippen molar-refractivity contribution in [3.63, 3.8) is 0 Å². The maximum Gasteiger partial charge on any atom is 0.167 e. The van der Waals surface area contributed by atoms with Crippen LogP contribution in [0.25, 0.3) is 0 Å². The molecule has 3 nitrogen and oxygen atoms in total. The van der Waals surface area contributed by atoms with Gasteiger partial charge in [0.05, 0.1) is 19.1 Å². The zero-order chi connectivity index (χ0) is 8.55. The smallest absolute Gasteiger partial charge is 0.167 e. The first-order valence-corrected chi connectivity index (χ1v) is 4.55. The standard InChI is InChI=1S/C9H14O3/c1-6-2-3-7(10)8(6)9-11-4-5-12-9/h6,8-9H,2-5H2,1H3/t6-,8+/m1/s1. The summed E-state index contributed by atoms with van der Waals surface area (Å²) in [5, 5.41) is 0. The van der Waals surface area contributed by atoms with E-state index in [0.29, 0.717) is 31.3 Å². The second-order valence-corrected chi connectivity index (χ2v) is 3.62. The van der Waals surface area contributed by atoms with E-state index < -0.39 is 0 Å². The van der Waals surface area contributed by atoms with Crippen molar-refractivity contribution in [2.75, 3.05) is 13.2 Å². The molecular weight excluding hydrogens is 156 g/mol. The molecular formula is C9H14O3. The molecule has 2 aliphatic rings. The van der Waals surface area contributed by atoms with Crippen LogP contribution in [0.1, 0.15) is 19.8 Å². The summed E-state index contributed by atoms with van der Waals surface area (Å²) in [6.07, 6.45) is 1.46. The van der Waals surface area contributed by atoms with Gasteiger partial charge in [0.15, 0.2) is 6.29 Å². The van der Waals surface area contributed by atoms with Gasteiger partial charge in [-0.1, -0.05) is 6.92 Å². The van der Waals surface area contributed by atoms with E-state index in [9.17, 15) is 4.79 Å². The molecule has 0 N–H and O–H groups in total. The normalized spacial score (nSPS) is 37.9. The average Bonchev–Trinajstić information content (AvgIpc) is 2.61. The third kappa shape index (κ3) is 1.27. The highest BCUT2D eigenvalue weighted by Crippen LogP contribution is 2.33. The Bertz CT molecular complexity index is 184. The fourth-order valence-corrected chi connectivity index (χ4v) is 2.04. The molecule has 3 heteroatoms. The number of hydrogen-bond acceptors (Lipinski definition) is 3. The molecule has 0 bridgehead atoms. The minimum Gasteiger partial charge on any atom is -0.349 e. The van der Waals surface area contributed by atoms with Crippen LogP contribution in [0.3, 0.4) is 0 Å². The molecule has 0 amide bonds. The predicted molar refractivity (Wildman–Crippen MR) is 42.6 cm³/mol. The van der Waals surface area contributed by atoms with Crippen molar-refractivity contribution >= 4 is 5.78 Å². The Balaban J connectivity index is 2.04. The van der Waals surface area contributed by atoms with Crippen LogP contribution in [-0.2, 0) is 14.3 Å². The van der Waals surface area contributed by atoms with Gasteiger partial charge in [-0.05, 0) is 12.3 Å². The maximum atomic E-state index is 11.4. The zero-order valence-electron chi connectivity index (χ0n) is 7.29. The molecule has 0 aromatic rings. The first-order chi connectivity index (χ1) is 5.79. The second-order valence-electron chi connectivity index (χ2n) is 3.62. The minimum atomic E-state index is -0.241. The number of rotatable bonds is 1. The molecule has 1 heterocycles. The Morgan fingerprint density at radius 2 is 2.00 bits per heavy atom. The first kappa shape index (κ1) is 8.20. The summed E-state index contributed by atoms with van der Waals surface area (Å²) < 4.78 is 10.7. The molecule has 1 saturated heterocycles. The van der Waals surface area contributed by atoms with Crippen LogP contribution in [0.2, 0.25) is 0 Å². The maximum absolute atomic E-state index is 11.4. The lowest BCUT2D eigenvalue weighted by molar-refractivity contribution is -0.138. The van der Waals surface area contributed by atoms with Crippen molar-refractivity contribution in [2.45, 2.75) is 26.1 Å². The van der Waals surface area contributed by atoms with Gasteiger partial charge in [0.25, 0.3) is 0 Å². The van der Waals surface area contributed by atoms with Crippen molar-refractivity contribution in [3.05, 3.63) is 0 Å². The Labute approximate surface area is 72.0 Å². The lowest BCUT2D eigenvalue weighted by atomic mass is 9.97. The van der Waals surface area contributed by atoms with Crippen molar-refractivity contribution in [1.82, 2.24) is 0 Å². The van der Waals surface area contributed by atoms with E-state index in [1.165, 1.54) is 0 Å². The van der Waals surface area contributed by atoms with Gasteiger partial charge in [0.2, 0.25) is 0 Å². The van der Waals surface area contributed by atoms with Gasteiger partial charge in [0, 0.05) is 6.42 Å². The molecule has 1 aliphatic carbocycles. The number of carbonyl (C=O) groups excluding carboxylic acids is 1. The Hall–Kier alpha value is -0.410. The fraction of sp³-hybridized carbons (Fsp3) is 0.889. The molecule has 1 saturated carbocycles. The summed E-state index contributed by atoms with van der Waals surface area (Å²) in [6.45, 7) is 3.38. The fourth-order valence-electron chi connectivity index (χ4n) is 2.04. The minimum absolute atomic E-state index is 0.00694. The van der Waals surface area contributed by atoms with Gasteiger partial charge < -0.3 is 9.47 Å². The van der Waals surface area contributed by atoms with Crippen molar-refractivity contribution in [1.29, 1.82) is 0 Å². The van der Waals surface area contributed by atoms with Crippen LogP contribution in [0, 0.1) is 11.8 Å². The molecule has 0 radical (unpaired) electrons. The van der Waals surface area contributed by atoms with E-state index in [4.69, 9.17) is 9.47 Å². The molecule has 68 valence electrons. The topological polar surface area (TPSA) is 35.5 Å².